The SMILES string of the molecule is CC(C)(CNC(=O)CCCCC(=O)O)Cc1cccc(Cl)c1. The summed E-state index contributed by atoms with van der Waals surface area (Å²) >= 11 is 5.98. The molecular weight excluding hydrogens is 302 g/mol. The zero-order valence-electron chi connectivity index (χ0n) is 13.2. The Morgan fingerprint density at radius 3 is 2.55 bits per heavy atom. The number of aliphatic carboxylic acids is 1. The fourth-order valence-corrected chi connectivity index (χ4v) is 2.46. The van der Waals surface area contributed by atoms with Gasteiger partial charge in [-0.05, 0) is 42.4 Å². The minimum atomic E-state index is -0.817. The molecule has 1 aromatic rings. The first-order chi connectivity index (χ1) is 10.3. The van der Waals surface area contributed by atoms with Crippen molar-refractivity contribution in [1.29, 1.82) is 0 Å². The van der Waals surface area contributed by atoms with E-state index in [1.165, 1.54) is 0 Å². The van der Waals surface area contributed by atoms with Crippen molar-refractivity contribution in [1.82, 2.24) is 5.32 Å². The number of amides is 1. The second-order valence-corrected chi connectivity index (χ2v) is 6.78. The lowest BCUT2D eigenvalue weighted by molar-refractivity contribution is -0.137. The molecule has 0 radical (unpaired) electrons. The van der Waals surface area contributed by atoms with Gasteiger partial charge in [-0.2, -0.15) is 0 Å². The van der Waals surface area contributed by atoms with Gasteiger partial charge >= 0.3 is 5.97 Å². The highest BCUT2D eigenvalue weighted by atomic mass is 35.5. The van der Waals surface area contributed by atoms with Crippen LogP contribution < -0.4 is 5.32 Å². The Balaban J connectivity index is 2.32. The van der Waals surface area contributed by atoms with Gasteiger partial charge in [0.05, 0.1) is 0 Å². The molecule has 0 aromatic heterocycles. The molecule has 1 rings (SSSR count). The van der Waals surface area contributed by atoms with E-state index in [2.05, 4.69) is 19.2 Å². The van der Waals surface area contributed by atoms with Gasteiger partial charge < -0.3 is 10.4 Å². The molecule has 2 N–H and O–H groups in total. The Hall–Kier alpha value is -1.55. The van der Waals surface area contributed by atoms with E-state index in [0.717, 1.165) is 17.0 Å². The summed E-state index contributed by atoms with van der Waals surface area (Å²) in [5.41, 5.74) is 1.08. The fraction of sp³-hybridized carbons (Fsp3) is 0.529. The molecule has 0 atom stereocenters. The van der Waals surface area contributed by atoms with Crippen molar-refractivity contribution in [3.63, 3.8) is 0 Å². The van der Waals surface area contributed by atoms with Gasteiger partial charge in [0.15, 0.2) is 0 Å². The second kappa shape index (κ2) is 8.79. The molecule has 5 heteroatoms. The van der Waals surface area contributed by atoms with E-state index in [0.29, 0.717) is 25.8 Å². The van der Waals surface area contributed by atoms with Crippen LogP contribution in [0.15, 0.2) is 24.3 Å². The maximum Gasteiger partial charge on any atom is 0.303 e. The molecule has 0 spiro atoms. The minimum absolute atomic E-state index is 0.0236. The van der Waals surface area contributed by atoms with Crippen molar-refractivity contribution in [2.45, 2.75) is 46.0 Å². The normalized spacial score (nSPS) is 11.2. The van der Waals surface area contributed by atoms with E-state index in [1.807, 2.05) is 24.3 Å². The molecule has 122 valence electrons. The van der Waals surface area contributed by atoms with Gasteiger partial charge in [0.25, 0.3) is 0 Å². The lowest BCUT2D eigenvalue weighted by Crippen LogP contribution is -2.35. The van der Waals surface area contributed by atoms with Crippen LogP contribution in [-0.2, 0) is 16.0 Å². The van der Waals surface area contributed by atoms with E-state index in [9.17, 15) is 9.59 Å². The lowest BCUT2D eigenvalue weighted by atomic mass is 9.85. The van der Waals surface area contributed by atoms with Crippen molar-refractivity contribution in [3.05, 3.63) is 34.9 Å². The van der Waals surface area contributed by atoms with Gasteiger partial charge in [0, 0.05) is 24.4 Å². The van der Waals surface area contributed by atoms with Crippen LogP contribution in [0, 0.1) is 5.41 Å². The van der Waals surface area contributed by atoms with Gasteiger partial charge in [0.2, 0.25) is 5.91 Å². The summed E-state index contributed by atoms with van der Waals surface area (Å²) in [6.07, 6.45) is 2.46. The number of carboxylic acids is 1. The number of carboxylic acid groups (broad SMARTS) is 1. The lowest BCUT2D eigenvalue weighted by Gasteiger charge is -2.25. The van der Waals surface area contributed by atoms with E-state index >= 15 is 0 Å². The first-order valence-electron chi connectivity index (χ1n) is 7.51. The Kier molecular flexibility index (Phi) is 7.39. The number of carbonyl (C=O) groups is 2. The summed E-state index contributed by atoms with van der Waals surface area (Å²) in [5.74, 6) is -0.840. The van der Waals surface area contributed by atoms with Crippen molar-refractivity contribution in [3.8, 4) is 0 Å². The maximum absolute atomic E-state index is 11.8. The van der Waals surface area contributed by atoms with Crippen LogP contribution in [0.1, 0.15) is 45.1 Å². The van der Waals surface area contributed by atoms with E-state index < -0.39 is 5.97 Å². The number of hydrogen-bond acceptors (Lipinski definition) is 2. The average molecular weight is 326 g/mol. The summed E-state index contributed by atoms with van der Waals surface area (Å²) < 4.78 is 0. The van der Waals surface area contributed by atoms with Crippen LogP contribution in [0.3, 0.4) is 0 Å². The summed E-state index contributed by atoms with van der Waals surface area (Å²) in [5, 5.41) is 12.2. The number of halogens is 1. The van der Waals surface area contributed by atoms with Crippen LogP contribution in [0.25, 0.3) is 0 Å². The smallest absolute Gasteiger partial charge is 0.303 e. The summed E-state index contributed by atoms with van der Waals surface area (Å²) in [6, 6.07) is 7.74. The third kappa shape index (κ3) is 8.03. The molecule has 0 heterocycles. The minimum Gasteiger partial charge on any atom is -0.481 e. The number of hydrogen-bond donors (Lipinski definition) is 2. The molecule has 0 aliphatic rings. The van der Waals surface area contributed by atoms with Gasteiger partial charge in [-0.15, -0.1) is 0 Å². The third-order valence-corrected chi connectivity index (χ3v) is 3.62. The molecular formula is C17H24ClNO3. The molecule has 0 fully saturated rings. The van der Waals surface area contributed by atoms with Crippen molar-refractivity contribution < 1.29 is 14.7 Å². The van der Waals surface area contributed by atoms with Crippen LogP contribution in [0.2, 0.25) is 5.02 Å². The molecule has 22 heavy (non-hydrogen) atoms. The molecule has 0 aliphatic carbocycles. The number of unbranched alkanes of at least 4 members (excludes halogenated alkanes) is 1. The van der Waals surface area contributed by atoms with Crippen molar-refractivity contribution in [2.75, 3.05) is 6.54 Å². The maximum atomic E-state index is 11.8. The Bertz CT molecular complexity index is 514. The van der Waals surface area contributed by atoms with Gasteiger partial charge in [-0.1, -0.05) is 37.6 Å². The molecule has 4 nitrogen and oxygen atoms in total. The molecule has 1 amide bonds. The van der Waals surface area contributed by atoms with E-state index in [4.69, 9.17) is 16.7 Å². The predicted molar refractivity (Wildman–Crippen MR) is 88.1 cm³/mol. The highest BCUT2D eigenvalue weighted by Gasteiger charge is 2.19. The van der Waals surface area contributed by atoms with E-state index in [1.54, 1.807) is 0 Å². The Morgan fingerprint density at radius 1 is 1.23 bits per heavy atom. The van der Waals surface area contributed by atoms with Crippen LogP contribution in [0.4, 0.5) is 0 Å². The number of nitrogens with one attached hydrogen (secondary N) is 1. The van der Waals surface area contributed by atoms with E-state index in [-0.39, 0.29) is 17.7 Å². The van der Waals surface area contributed by atoms with Gasteiger partial charge in [0.1, 0.15) is 0 Å². The summed E-state index contributed by atoms with van der Waals surface area (Å²) in [4.78, 5) is 22.2. The third-order valence-electron chi connectivity index (χ3n) is 3.38. The average Bonchev–Trinajstić information content (AvgIpc) is 2.41. The van der Waals surface area contributed by atoms with Crippen LogP contribution >= 0.6 is 11.6 Å². The van der Waals surface area contributed by atoms with Gasteiger partial charge in [-0.25, -0.2) is 0 Å². The predicted octanol–water partition coefficient (Wildman–Crippen LogP) is 3.67. The zero-order valence-corrected chi connectivity index (χ0v) is 13.9. The quantitative estimate of drug-likeness (QED) is 0.681. The largest absolute Gasteiger partial charge is 0.481 e. The zero-order chi connectivity index (χ0) is 16.6. The molecule has 0 unspecified atom stereocenters. The van der Waals surface area contributed by atoms with Crippen molar-refractivity contribution in [2.24, 2.45) is 5.41 Å². The van der Waals surface area contributed by atoms with Crippen LogP contribution in [-0.4, -0.2) is 23.5 Å². The first kappa shape index (κ1) is 18.5. The summed E-state index contributed by atoms with van der Waals surface area (Å²) in [6.45, 7) is 4.77. The fourth-order valence-electron chi connectivity index (χ4n) is 2.25. The number of carbonyl (C=O) groups excluding carboxylic acids is 1. The summed E-state index contributed by atoms with van der Waals surface area (Å²) in [7, 11) is 0. The van der Waals surface area contributed by atoms with Gasteiger partial charge in [-0.3, -0.25) is 9.59 Å². The topological polar surface area (TPSA) is 66.4 Å². The molecule has 0 aliphatic heterocycles. The highest BCUT2D eigenvalue weighted by molar-refractivity contribution is 6.30. The second-order valence-electron chi connectivity index (χ2n) is 6.35. The Morgan fingerprint density at radius 2 is 1.91 bits per heavy atom. The first-order valence-corrected chi connectivity index (χ1v) is 7.89. The van der Waals surface area contributed by atoms with Crippen molar-refractivity contribution >= 4 is 23.5 Å². The molecule has 1 aromatic carbocycles. The molecule has 0 saturated carbocycles. The highest BCUT2D eigenvalue weighted by Crippen LogP contribution is 2.22. The number of benzene rings is 1. The monoisotopic (exact) mass is 325 g/mol. The Labute approximate surface area is 136 Å². The molecule has 0 bridgehead atoms. The standard InChI is InChI=1S/C17H24ClNO3/c1-17(2,11-13-6-5-7-14(18)10-13)12-19-15(20)8-3-4-9-16(21)22/h5-7,10H,3-4,8-9,11-12H2,1-2H3,(H,19,20)(H,21,22). The number of rotatable bonds is 9. The molecule has 0 saturated heterocycles. The van der Waals surface area contributed by atoms with Crippen LogP contribution in [0.5, 0.6) is 0 Å².